The highest BCUT2D eigenvalue weighted by Crippen LogP contribution is 2.32. The topological polar surface area (TPSA) is 154 Å². The second-order valence-electron chi connectivity index (χ2n) is 7.38. The van der Waals surface area contributed by atoms with Crippen molar-refractivity contribution >= 4 is 34.5 Å². The van der Waals surface area contributed by atoms with Crippen LogP contribution in [0.3, 0.4) is 0 Å². The zero-order valence-corrected chi connectivity index (χ0v) is 20.4. The van der Waals surface area contributed by atoms with Gasteiger partial charge in [0.25, 0.3) is 17.5 Å². The van der Waals surface area contributed by atoms with Gasteiger partial charge in [0.15, 0.2) is 11.7 Å². The highest BCUT2D eigenvalue weighted by molar-refractivity contribution is 7.19. The first-order chi connectivity index (χ1) is 17.3. The quantitative estimate of drug-likeness (QED) is 0.212. The van der Waals surface area contributed by atoms with E-state index in [-0.39, 0.29) is 12.3 Å². The van der Waals surface area contributed by atoms with Gasteiger partial charge in [-0.3, -0.25) is 25.0 Å². The molecule has 0 saturated heterocycles. The van der Waals surface area contributed by atoms with E-state index in [0.29, 0.717) is 33.2 Å². The number of aryl methyl sites for hydroxylation is 1. The Kier molecular flexibility index (Phi) is 8.78. The van der Waals surface area contributed by atoms with E-state index in [1.54, 1.807) is 21.0 Å². The SMILES string of the molecule is CN(C)C=O.Cc1nc(NC(=O)COc2ccc([N+](=O)[O-])cc2)sc1-c1nc(-c2ccccc2)no1. The largest absolute Gasteiger partial charge is 0.484 e. The Balaban J connectivity index is 0.000000658. The number of nitrogens with zero attached hydrogens (tertiary/aromatic N) is 5. The van der Waals surface area contributed by atoms with Crippen LogP contribution in [0.15, 0.2) is 59.1 Å². The smallest absolute Gasteiger partial charge is 0.270 e. The van der Waals surface area contributed by atoms with Crippen molar-refractivity contribution < 1.29 is 23.8 Å². The summed E-state index contributed by atoms with van der Waals surface area (Å²) >= 11 is 1.21. The van der Waals surface area contributed by atoms with Gasteiger partial charge in [-0.2, -0.15) is 4.98 Å². The summed E-state index contributed by atoms with van der Waals surface area (Å²) in [5.74, 6) is 0.701. The molecule has 0 unspecified atom stereocenters. The summed E-state index contributed by atoms with van der Waals surface area (Å²) in [7, 11) is 3.38. The molecule has 2 aromatic carbocycles. The predicted molar refractivity (Wildman–Crippen MR) is 133 cm³/mol. The van der Waals surface area contributed by atoms with Gasteiger partial charge >= 0.3 is 0 Å². The molecule has 4 aromatic rings. The number of nitro benzene ring substituents is 1. The van der Waals surface area contributed by atoms with Crippen LogP contribution >= 0.6 is 11.3 Å². The molecule has 2 aromatic heterocycles. The summed E-state index contributed by atoms with van der Waals surface area (Å²) in [6, 6.07) is 14.9. The minimum atomic E-state index is -0.509. The average molecular weight is 511 g/mol. The van der Waals surface area contributed by atoms with Crippen molar-refractivity contribution in [3.63, 3.8) is 0 Å². The summed E-state index contributed by atoms with van der Waals surface area (Å²) < 4.78 is 10.7. The van der Waals surface area contributed by atoms with Crippen LogP contribution in [0, 0.1) is 17.0 Å². The molecule has 2 heterocycles. The van der Waals surface area contributed by atoms with Crippen molar-refractivity contribution in [3.8, 4) is 27.9 Å². The average Bonchev–Trinajstić information content (AvgIpc) is 3.50. The predicted octanol–water partition coefficient (Wildman–Crippen LogP) is 3.80. The highest BCUT2D eigenvalue weighted by atomic mass is 32.1. The van der Waals surface area contributed by atoms with Gasteiger partial charge in [0, 0.05) is 31.8 Å². The number of carbonyl (C=O) groups excluding carboxylic acids is 2. The Morgan fingerprint density at radius 1 is 1.17 bits per heavy atom. The summed E-state index contributed by atoms with van der Waals surface area (Å²) in [6.07, 6.45) is 0.750. The number of thiazole rings is 1. The van der Waals surface area contributed by atoms with Crippen LogP contribution in [0.4, 0.5) is 10.8 Å². The second kappa shape index (κ2) is 12.2. The number of hydrogen-bond donors (Lipinski definition) is 1. The maximum atomic E-state index is 12.2. The van der Waals surface area contributed by atoms with E-state index >= 15 is 0 Å². The zero-order valence-electron chi connectivity index (χ0n) is 19.6. The molecule has 12 nitrogen and oxygen atoms in total. The lowest BCUT2D eigenvalue weighted by Gasteiger charge is -2.05. The molecule has 186 valence electrons. The first kappa shape index (κ1) is 26.0. The lowest BCUT2D eigenvalue weighted by Crippen LogP contribution is -2.20. The Morgan fingerprint density at radius 3 is 2.44 bits per heavy atom. The lowest BCUT2D eigenvalue weighted by atomic mass is 10.2. The van der Waals surface area contributed by atoms with Crippen LogP contribution in [-0.2, 0) is 9.59 Å². The van der Waals surface area contributed by atoms with E-state index in [2.05, 4.69) is 20.4 Å². The van der Waals surface area contributed by atoms with Crippen LogP contribution < -0.4 is 10.1 Å². The van der Waals surface area contributed by atoms with E-state index in [4.69, 9.17) is 9.26 Å². The minimum absolute atomic E-state index is 0.0564. The normalized spacial score (nSPS) is 10.1. The Hall–Kier alpha value is -4.65. The van der Waals surface area contributed by atoms with E-state index in [0.717, 1.165) is 12.0 Å². The molecule has 13 heteroatoms. The van der Waals surface area contributed by atoms with Crippen molar-refractivity contribution in [2.75, 3.05) is 26.0 Å². The maximum Gasteiger partial charge on any atom is 0.270 e. The first-order valence-electron chi connectivity index (χ1n) is 10.4. The number of nitrogens with one attached hydrogen (secondary N) is 1. The molecule has 36 heavy (non-hydrogen) atoms. The molecular weight excluding hydrogens is 488 g/mol. The molecule has 0 aliphatic heterocycles. The standard InChI is InChI=1S/C20H15N5O5S.C3H7NO/c1-12-17(19-23-18(24-30-19)13-5-3-2-4-6-13)31-20(21-12)22-16(26)11-29-15-9-7-14(8-10-15)25(27)28;1-4(2)3-5/h2-10H,11H2,1H3,(H,21,22,26);3H,1-2H3. The summed E-state index contributed by atoms with van der Waals surface area (Å²) in [6.45, 7) is 1.51. The van der Waals surface area contributed by atoms with Crippen molar-refractivity contribution in [2.45, 2.75) is 6.92 Å². The molecule has 1 N–H and O–H groups in total. The number of anilines is 1. The third-order valence-electron chi connectivity index (χ3n) is 4.32. The molecular formula is C23H22N6O6S. The molecule has 0 aliphatic carbocycles. The Bertz CT molecular complexity index is 1320. The molecule has 0 fully saturated rings. The van der Waals surface area contributed by atoms with Crippen LogP contribution in [0.5, 0.6) is 5.75 Å². The van der Waals surface area contributed by atoms with Gasteiger partial charge in [-0.15, -0.1) is 0 Å². The number of benzene rings is 2. The number of nitro groups is 1. The van der Waals surface area contributed by atoms with Gasteiger partial charge in [0.1, 0.15) is 10.6 Å². The third kappa shape index (κ3) is 7.17. The van der Waals surface area contributed by atoms with Gasteiger partial charge in [-0.1, -0.05) is 46.8 Å². The molecule has 0 saturated carbocycles. The first-order valence-corrected chi connectivity index (χ1v) is 11.2. The molecule has 0 aliphatic rings. The van der Waals surface area contributed by atoms with Crippen LogP contribution in [0.25, 0.3) is 22.2 Å². The van der Waals surface area contributed by atoms with Crippen LogP contribution in [0.1, 0.15) is 5.69 Å². The number of rotatable bonds is 8. The van der Waals surface area contributed by atoms with Crippen LogP contribution in [-0.4, -0.2) is 58.0 Å². The fourth-order valence-electron chi connectivity index (χ4n) is 2.64. The highest BCUT2D eigenvalue weighted by Gasteiger charge is 2.18. The summed E-state index contributed by atoms with van der Waals surface area (Å²) in [5.41, 5.74) is 1.41. The van der Waals surface area contributed by atoms with Gasteiger partial charge in [-0.05, 0) is 19.1 Å². The number of carbonyl (C=O) groups is 2. The number of non-ortho nitro benzene ring substituents is 1. The number of aromatic nitrogens is 3. The van der Waals surface area contributed by atoms with E-state index in [1.807, 2.05) is 30.3 Å². The van der Waals surface area contributed by atoms with E-state index < -0.39 is 10.8 Å². The molecule has 0 atom stereocenters. The van der Waals surface area contributed by atoms with Crippen LogP contribution in [0.2, 0.25) is 0 Å². The Labute approximate surface area is 209 Å². The van der Waals surface area contributed by atoms with E-state index in [9.17, 15) is 19.7 Å². The number of ether oxygens (including phenoxy) is 1. The van der Waals surface area contributed by atoms with E-state index in [1.165, 1.54) is 40.5 Å². The fourth-order valence-corrected chi connectivity index (χ4v) is 3.54. The molecule has 0 bridgehead atoms. The second-order valence-corrected chi connectivity index (χ2v) is 8.38. The third-order valence-corrected chi connectivity index (χ3v) is 5.38. The Morgan fingerprint density at radius 2 is 1.83 bits per heavy atom. The monoisotopic (exact) mass is 510 g/mol. The van der Waals surface area contributed by atoms with Gasteiger partial charge < -0.3 is 14.2 Å². The molecule has 4 rings (SSSR count). The van der Waals surface area contributed by atoms with Crippen molar-refractivity contribution in [3.05, 3.63) is 70.4 Å². The van der Waals surface area contributed by atoms with Crippen molar-refractivity contribution in [1.82, 2.24) is 20.0 Å². The zero-order chi connectivity index (χ0) is 26.1. The van der Waals surface area contributed by atoms with Crippen molar-refractivity contribution in [1.29, 1.82) is 0 Å². The van der Waals surface area contributed by atoms with Crippen molar-refractivity contribution in [2.24, 2.45) is 0 Å². The maximum absolute atomic E-state index is 12.2. The molecule has 0 spiro atoms. The number of hydrogen-bond acceptors (Lipinski definition) is 10. The fraction of sp³-hybridized carbons (Fsp3) is 0.174. The van der Waals surface area contributed by atoms with Gasteiger partial charge in [0.05, 0.1) is 10.6 Å². The molecule has 2 amide bonds. The number of amides is 2. The molecule has 0 radical (unpaired) electrons. The lowest BCUT2D eigenvalue weighted by molar-refractivity contribution is -0.384. The van der Waals surface area contributed by atoms with Gasteiger partial charge in [-0.25, -0.2) is 4.98 Å². The summed E-state index contributed by atoms with van der Waals surface area (Å²) in [4.78, 5) is 42.6. The summed E-state index contributed by atoms with van der Waals surface area (Å²) in [5, 5.41) is 17.7. The minimum Gasteiger partial charge on any atom is -0.484 e. The van der Waals surface area contributed by atoms with Gasteiger partial charge in [0.2, 0.25) is 12.2 Å².